The SMILES string of the molecule is C=CCN1CCC[C@@H]1[C]1[CH][CH][CH][C]1C(O)(c1ccccc1)c1ccccc1.[CH]1[CH][CH][CH][CH]1.[Fe+2]. The van der Waals surface area contributed by atoms with Crippen molar-refractivity contribution in [1.29, 1.82) is 0 Å². The standard InChI is InChI=1S/C25H26NO.C5H5.Fe/c1-2-18-26-19-10-17-24(26)22-15-9-16-23(22)25(27,20-11-5-3-6-12-20)21-13-7-4-8-14-21;1-2-4-5-3-1;/h2-9,11-16,24,27H,1,10,17-19H2;1-5H;/q;;+2/t24-;;/m1../s1. The van der Waals surface area contributed by atoms with Crippen LogP contribution in [0.15, 0.2) is 73.3 Å². The zero-order chi connectivity index (χ0) is 22.2. The van der Waals surface area contributed by atoms with Crippen LogP contribution in [0.4, 0.5) is 0 Å². The van der Waals surface area contributed by atoms with Crippen LogP contribution in [-0.4, -0.2) is 29.1 Å². The van der Waals surface area contributed by atoms with E-state index in [1.54, 1.807) is 0 Å². The van der Waals surface area contributed by atoms with Gasteiger partial charge in [0, 0.05) is 24.4 Å². The zero-order valence-electron chi connectivity index (χ0n) is 18.8. The average Bonchev–Trinajstić information content (AvgIpc) is 3.63. The largest absolute Gasteiger partial charge is 2.00 e. The Morgan fingerprint density at radius 3 is 1.91 bits per heavy atom. The Morgan fingerprint density at radius 2 is 1.39 bits per heavy atom. The summed E-state index contributed by atoms with van der Waals surface area (Å²) >= 11 is 0. The molecular formula is C30H31FeNO+2. The van der Waals surface area contributed by atoms with Crippen molar-refractivity contribution in [2.45, 2.75) is 24.5 Å². The van der Waals surface area contributed by atoms with Crippen LogP contribution in [0.3, 0.4) is 0 Å². The third kappa shape index (κ3) is 6.01. The number of likely N-dealkylation sites (tertiary alicyclic amines) is 1. The Hall–Kier alpha value is -1.38. The maximum atomic E-state index is 12.1. The molecule has 2 aromatic rings. The Balaban J connectivity index is 0.000000453. The van der Waals surface area contributed by atoms with E-state index in [0.717, 1.165) is 36.6 Å². The molecule has 10 radical (unpaired) electrons. The maximum absolute atomic E-state index is 12.1. The van der Waals surface area contributed by atoms with Crippen molar-refractivity contribution < 1.29 is 22.2 Å². The molecule has 3 fully saturated rings. The molecule has 0 spiro atoms. The van der Waals surface area contributed by atoms with E-state index in [9.17, 15) is 5.11 Å². The molecule has 3 aliphatic rings. The van der Waals surface area contributed by atoms with Crippen LogP contribution < -0.4 is 0 Å². The monoisotopic (exact) mass is 477 g/mol. The summed E-state index contributed by atoms with van der Waals surface area (Å²) in [4.78, 5) is 2.46. The number of aliphatic hydroxyl groups is 1. The van der Waals surface area contributed by atoms with E-state index in [1.165, 1.54) is 12.3 Å². The predicted molar refractivity (Wildman–Crippen MR) is 132 cm³/mol. The molecule has 1 atom stereocenters. The molecule has 3 heteroatoms. The molecule has 33 heavy (non-hydrogen) atoms. The van der Waals surface area contributed by atoms with Gasteiger partial charge in [-0.3, -0.25) is 4.90 Å². The second-order valence-electron chi connectivity index (χ2n) is 8.24. The molecule has 0 bridgehead atoms. The Bertz CT molecular complexity index is 773. The van der Waals surface area contributed by atoms with Crippen LogP contribution in [-0.2, 0) is 22.7 Å². The van der Waals surface area contributed by atoms with Crippen molar-refractivity contribution in [3.8, 4) is 0 Å². The van der Waals surface area contributed by atoms with Gasteiger partial charge in [-0.15, -0.1) is 6.58 Å². The molecule has 2 aliphatic carbocycles. The number of hydrogen-bond acceptors (Lipinski definition) is 2. The summed E-state index contributed by atoms with van der Waals surface area (Å²) in [6.07, 6.45) is 20.6. The van der Waals surface area contributed by atoms with Crippen molar-refractivity contribution in [2.24, 2.45) is 0 Å². The number of nitrogens with zero attached hydrogens (tertiary/aromatic N) is 1. The van der Waals surface area contributed by atoms with Crippen LogP contribution in [0.1, 0.15) is 24.0 Å². The molecule has 2 saturated carbocycles. The van der Waals surface area contributed by atoms with Crippen LogP contribution in [0, 0.1) is 63.2 Å². The molecule has 5 rings (SSSR count). The van der Waals surface area contributed by atoms with Gasteiger partial charge in [0.05, 0.1) is 0 Å². The summed E-state index contributed by atoms with van der Waals surface area (Å²) in [6, 6.07) is 20.3. The van der Waals surface area contributed by atoms with Gasteiger partial charge in [0.15, 0.2) is 0 Å². The third-order valence-corrected chi connectivity index (χ3v) is 6.26. The average molecular weight is 477 g/mol. The van der Waals surface area contributed by atoms with E-state index < -0.39 is 5.60 Å². The van der Waals surface area contributed by atoms with Gasteiger partial charge in [0.1, 0.15) is 5.60 Å². The fourth-order valence-corrected chi connectivity index (χ4v) is 4.77. The number of hydrogen-bond donors (Lipinski definition) is 1. The van der Waals surface area contributed by atoms with E-state index in [2.05, 4.69) is 30.7 Å². The first-order valence-electron chi connectivity index (χ1n) is 11.4. The zero-order valence-corrected chi connectivity index (χ0v) is 19.9. The minimum atomic E-state index is -1.16. The molecule has 1 N–H and O–H groups in total. The predicted octanol–water partition coefficient (Wildman–Crippen LogP) is 5.37. The van der Waals surface area contributed by atoms with Crippen LogP contribution in [0.5, 0.6) is 0 Å². The molecule has 1 heterocycles. The molecule has 0 unspecified atom stereocenters. The van der Waals surface area contributed by atoms with Crippen molar-refractivity contribution in [1.82, 2.24) is 4.90 Å². The molecule has 1 aliphatic heterocycles. The fraction of sp³-hybridized carbons (Fsp3) is 0.200. The first-order chi connectivity index (χ1) is 15.7. The van der Waals surface area contributed by atoms with Gasteiger partial charge in [0.25, 0.3) is 0 Å². The van der Waals surface area contributed by atoms with Gasteiger partial charge in [-0.1, -0.05) is 66.7 Å². The molecule has 2 aromatic carbocycles. The quantitative estimate of drug-likeness (QED) is 0.447. The van der Waals surface area contributed by atoms with Crippen LogP contribution in [0.25, 0.3) is 0 Å². The van der Waals surface area contributed by atoms with Gasteiger partial charge >= 0.3 is 17.1 Å². The second kappa shape index (κ2) is 12.9. The van der Waals surface area contributed by atoms with E-state index in [0.29, 0.717) is 6.04 Å². The molecular weight excluding hydrogens is 446 g/mol. The second-order valence-corrected chi connectivity index (χ2v) is 8.24. The number of rotatable bonds is 6. The first kappa shape index (κ1) is 26.2. The summed E-state index contributed by atoms with van der Waals surface area (Å²) in [6.45, 7) is 5.87. The Labute approximate surface area is 212 Å². The van der Waals surface area contributed by atoms with E-state index in [1.807, 2.05) is 98.8 Å². The van der Waals surface area contributed by atoms with Crippen molar-refractivity contribution in [2.75, 3.05) is 13.1 Å². The van der Waals surface area contributed by atoms with Crippen molar-refractivity contribution >= 4 is 0 Å². The van der Waals surface area contributed by atoms with Gasteiger partial charge in [-0.25, -0.2) is 0 Å². The Kier molecular flexibility index (Phi) is 10.3. The van der Waals surface area contributed by atoms with E-state index in [-0.39, 0.29) is 17.1 Å². The summed E-state index contributed by atoms with van der Waals surface area (Å²) in [5, 5.41) is 12.1. The third-order valence-electron chi connectivity index (χ3n) is 6.26. The van der Waals surface area contributed by atoms with E-state index in [4.69, 9.17) is 0 Å². The summed E-state index contributed by atoms with van der Waals surface area (Å²) in [5.74, 6) is 2.21. The number of benzene rings is 2. The molecule has 0 amide bonds. The van der Waals surface area contributed by atoms with Crippen LogP contribution in [0.2, 0.25) is 0 Å². The van der Waals surface area contributed by atoms with E-state index >= 15 is 0 Å². The first-order valence-corrected chi connectivity index (χ1v) is 11.4. The minimum absolute atomic E-state index is 0. The minimum Gasteiger partial charge on any atom is -0.380 e. The van der Waals surface area contributed by atoms with Crippen molar-refractivity contribution in [3.63, 3.8) is 0 Å². The van der Waals surface area contributed by atoms with Gasteiger partial charge < -0.3 is 5.11 Å². The smallest absolute Gasteiger partial charge is 0.380 e. The normalized spacial score (nSPS) is 21.9. The van der Waals surface area contributed by atoms with Crippen LogP contribution >= 0.6 is 0 Å². The van der Waals surface area contributed by atoms with Gasteiger partial charge in [-0.2, -0.15) is 0 Å². The molecule has 0 aromatic heterocycles. The molecule has 2 nitrogen and oxygen atoms in total. The van der Waals surface area contributed by atoms with Gasteiger partial charge in [0.2, 0.25) is 0 Å². The molecule has 168 valence electrons. The molecule has 1 saturated heterocycles. The topological polar surface area (TPSA) is 23.5 Å². The summed E-state index contributed by atoms with van der Waals surface area (Å²) in [7, 11) is 0. The summed E-state index contributed by atoms with van der Waals surface area (Å²) < 4.78 is 0. The Morgan fingerprint density at radius 1 is 0.848 bits per heavy atom. The maximum Gasteiger partial charge on any atom is 2.00 e. The fourth-order valence-electron chi connectivity index (χ4n) is 4.77. The van der Waals surface area contributed by atoms with Gasteiger partial charge in [-0.05, 0) is 81.9 Å². The summed E-state index contributed by atoms with van der Waals surface area (Å²) in [5.41, 5.74) is 0.637. The van der Waals surface area contributed by atoms with Crippen molar-refractivity contribution in [3.05, 3.63) is 148 Å².